The van der Waals surface area contributed by atoms with E-state index >= 15 is 0 Å². The minimum absolute atomic E-state index is 0.0160. The van der Waals surface area contributed by atoms with Crippen molar-refractivity contribution >= 4 is 11.9 Å². The van der Waals surface area contributed by atoms with Gasteiger partial charge in [-0.3, -0.25) is 14.5 Å². The summed E-state index contributed by atoms with van der Waals surface area (Å²) in [6, 6.07) is 0. The highest BCUT2D eigenvalue weighted by Crippen LogP contribution is 2.25. The van der Waals surface area contributed by atoms with Gasteiger partial charge in [0, 0.05) is 11.8 Å². The van der Waals surface area contributed by atoms with Gasteiger partial charge < -0.3 is 4.74 Å². The number of esters is 1. The number of amides is 1. The fraction of sp³-hybridized carbons (Fsp3) is 0.889. The lowest BCUT2D eigenvalue weighted by Gasteiger charge is -2.28. The molecule has 0 spiro atoms. The normalized spacial score (nSPS) is 19.6. The molecular formula is C18H33NO3. The van der Waals surface area contributed by atoms with E-state index in [0.717, 1.165) is 12.8 Å². The number of carbonyl (C=O) groups is 2. The molecule has 0 N–H and O–H groups in total. The van der Waals surface area contributed by atoms with E-state index in [1.807, 2.05) is 13.8 Å². The zero-order valence-electron chi connectivity index (χ0n) is 14.8. The largest absolute Gasteiger partial charge is 0.440 e. The summed E-state index contributed by atoms with van der Waals surface area (Å²) in [5.41, 5.74) is 0. The van der Waals surface area contributed by atoms with E-state index in [0.29, 0.717) is 0 Å². The maximum absolute atomic E-state index is 12.2. The van der Waals surface area contributed by atoms with Crippen LogP contribution >= 0.6 is 0 Å². The number of hydrogen-bond acceptors (Lipinski definition) is 3. The maximum atomic E-state index is 12.2. The monoisotopic (exact) mass is 311 g/mol. The Kier molecular flexibility index (Phi) is 8.51. The van der Waals surface area contributed by atoms with Gasteiger partial charge in [-0.05, 0) is 6.42 Å². The van der Waals surface area contributed by atoms with Crippen LogP contribution in [-0.4, -0.2) is 29.5 Å². The molecule has 128 valence electrons. The molecule has 4 heteroatoms. The second kappa shape index (κ2) is 9.86. The van der Waals surface area contributed by atoms with Gasteiger partial charge in [-0.2, -0.15) is 0 Å². The third-order valence-corrected chi connectivity index (χ3v) is 4.39. The first-order valence-electron chi connectivity index (χ1n) is 8.97. The Balaban J connectivity index is 2.32. The Hall–Kier alpha value is -1.06. The Bertz CT molecular complexity index is 354. The topological polar surface area (TPSA) is 46.6 Å². The molecular weight excluding hydrogens is 278 g/mol. The number of hydrogen-bond donors (Lipinski definition) is 0. The summed E-state index contributed by atoms with van der Waals surface area (Å²) in [6.45, 7) is 8.16. The van der Waals surface area contributed by atoms with Crippen LogP contribution < -0.4 is 0 Å². The van der Waals surface area contributed by atoms with Crippen molar-refractivity contribution in [2.75, 3.05) is 6.54 Å². The van der Waals surface area contributed by atoms with Crippen LogP contribution in [0.2, 0.25) is 0 Å². The summed E-state index contributed by atoms with van der Waals surface area (Å²) in [5.74, 6) is -0.139. The van der Waals surface area contributed by atoms with Crippen LogP contribution in [0.3, 0.4) is 0 Å². The quantitative estimate of drug-likeness (QED) is 0.450. The zero-order chi connectivity index (χ0) is 16.5. The number of cyclic esters (lactones) is 1. The molecule has 0 aromatic rings. The van der Waals surface area contributed by atoms with E-state index in [4.69, 9.17) is 4.74 Å². The van der Waals surface area contributed by atoms with E-state index in [1.54, 1.807) is 4.90 Å². The van der Waals surface area contributed by atoms with Crippen molar-refractivity contribution in [2.45, 2.75) is 85.3 Å². The predicted octanol–water partition coefficient (Wildman–Crippen LogP) is 4.13. The third-order valence-electron chi connectivity index (χ3n) is 4.39. The zero-order valence-corrected chi connectivity index (χ0v) is 14.8. The van der Waals surface area contributed by atoms with E-state index in [-0.39, 0.29) is 36.5 Å². The maximum Gasteiger partial charge on any atom is 0.327 e. The van der Waals surface area contributed by atoms with Crippen LogP contribution in [0.25, 0.3) is 0 Å². The van der Waals surface area contributed by atoms with Crippen molar-refractivity contribution in [3.8, 4) is 0 Å². The summed E-state index contributed by atoms with van der Waals surface area (Å²) < 4.78 is 5.38. The van der Waals surface area contributed by atoms with E-state index in [9.17, 15) is 9.59 Å². The second-order valence-electron chi connectivity index (χ2n) is 6.89. The highest BCUT2D eigenvalue weighted by molar-refractivity contribution is 5.85. The number of carbonyl (C=O) groups excluding carboxylic acids is 2. The molecule has 1 aliphatic rings. The molecule has 0 bridgehead atoms. The Morgan fingerprint density at radius 3 is 2.32 bits per heavy atom. The van der Waals surface area contributed by atoms with Crippen LogP contribution in [0, 0.1) is 11.8 Å². The minimum atomic E-state index is -0.359. The molecule has 2 atom stereocenters. The van der Waals surface area contributed by atoms with Crippen molar-refractivity contribution in [3.05, 3.63) is 0 Å². The van der Waals surface area contributed by atoms with Gasteiger partial charge in [0.15, 0.2) is 6.23 Å². The molecule has 0 radical (unpaired) electrons. The van der Waals surface area contributed by atoms with Gasteiger partial charge >= 0.3 is 5.97 Å². The van der Waals surface area contributed by atoms with Crippen molar-refractivity contribution in [1.29, 1.82) is 0 Å². The molecule has 22 heavy (non-hydrogen) atoms. The summed E-state index contributed by atoms with van der Waals surface area (Å²) in [7, 11) is 0. The van der Waals surface area contributed by atoms with Crippen LogP contribution in [0.4, 0.5) is 0 Å². The van der Waals surface area contributed by atoms with Gasteiger partial charge in [0.2, 0.25) is 5.91 Å². The fourth-order valence-electron chi connectivity index (χ4n) is 2.99. The predicted molar refractivity (Wildman–Crippen MR) is 88.2 cm³/mol. The number of unbranched alkanes of at least 4 members (excludes halogenated alkanes) is 6. The molecule has 0 aliphatic carbocycles. The van der Waals surface area contributed by atoms with Crippen LogP contribution in [0.15, 0.2) is 0 Å². The van der Waals surface area contributed by atoms with E-state index in [1.165, 1.54) is 38.5 Å². The van der Waals surface area contributed by atoms with Crippen molar-refractivity contribution in [2.24, 2.45) is 11.8 Å². The molecule has 1 fully saturated rings. The molecule has 1 aliphatic heterocycles. The lowest BCUT2D eigenvalue weighted by Crippen LogP contribution is -2.42. The number of ether oxygens (including phenoxy) is 1. The summed E-state index contributed by atoms with van der Waals surface area (Å²) >= 11 is 0. The first-order valence-corrected chi connectivity index (χ1v) is 8.97. The Morgan fingerprint density at radius 1 is 1.14 bits per heavy atom. The standard InChI is InChI=1S/C18H33NO3/c1-5-6-7-8-9-10-11-12-15(4)18-19(13-16(20)22-18)17(21)14(2)3/h14-15,18H,5-13H2,1-4H3. The molecule has 2 unspecified atom stereocenters. The molecule has 0 saturated carbocycles. The average Bonchev–Trinajstić information content (AvgIpc) is 2.87. The van der Waals surface area contributed by atoms with Gasteiger partial charge in [-0.1, -0.05) is 72.6 Å². The summed E-state index contributed by atoms with van der Waals surface area (Å²) in [6.07, 6.45) is 9.58. The molecule has 0 aromatic carbocycles. The Morgan fingerprint density at radius 2 is 1.73 bits per heavy atom. The molecule has 1 amide bonds. The average molecular weight is 311 g/mol. The lowest BCUT2D eigenvalue weighted by molar-refractivity contribution is -0.148. The molecule has 1 rings (SSSR count). The molecule has 4 nitrogen and oxygen atoms in total. The SMILES string of the molecule is CCCCCCCCCC(C)C1OC(=O)CN1C(=O)C(C)C. The van der Waals surface area contributed by atoms with Crippen molar-refractivity contribution in [3.63, 3.8) is 0 Å². The second-order valence-corrected chi connectivity index (χ2v) is 6.89. The number of rotatable bonds is 10. The van der Waals surface area contributed by atoms with Gasteiger partial charge in [0.1, 0.15) is 6.54 Å². The smallest absolute Gasteiger partial charge is 0.327 e. The minimum Gasteiger partial charge on any atom is -0.440 e. The van der Waals surface area contributed by atoms with Gasteiger partial charge in [0.05, 0.1) is 0 Å². The first kappa shape index (κ1) is 19.0. The summed E-state index contributed by atoms with van der Waals surface area (Å²) in [4.78, 5) is 25.4. The summed E-state index contributed by atoms with van der Waals surface area (Å²) in [5, 5.41) is 0. The van der Waals surface area contributed by atoms with Crippen LogP contribution in [0.1, 0.15) is 79.1 Å². The van der Waals surface area contributed by atoms with Gasteiger partial charge in [0.25, 0.3) is 0 Å². The van der Waals surface area contributed by atoms with E-state index < -0.39 is 0 Å². The first-order chi connectivity index (χ1) is 10.5. The third kappa shape index (κ3) is 5.98. The Labute approximate surface area is 135 Å². The number of nitrogens with zero attached hydrogens (tertiary/aromatic N) is 1. The molecule has 0 aromatic heterocycles. The highest BCUT2D eigenvalue weighted by Gasteiger charge is 2.39. The fourth-order valence-corrected chi connectivity index (χ4v) is 2.99. The highest BCUT2D eigenvalue weighted by atomic mass is 16.6. The lowest BCUT2D eigenvalue weighted by atomic mass is 9.99. The van der Waals surface area contributed by atoms with Crippen molar-refractivity contribution in [1.82, 2.24) is 4.90 Å². The van der Waals surface area contributed by atoms with E-state index in [2.05, 4.69) is 13.8 Å². The van der Waals surface area contributed by atoms with Gasteiger partial charge in [-0.25, -0.2) is 0 Å². The van der Waals surface area contributed by atoms with Gasteiger partial charge in [-0.15, -0.1) is 0 Å². The van der Waals surface area contributed by atoms with Crippen LogP contribution in [-0.2, 0) is 14.3 Å². The molecule has 1 heterocycles. The molecule has 1 saturated heterocycles. The van der Waals surface area contributed by atoms with Crippen molar-refractivity contribution < 1.29 is 14.3 Å². The van der Waals surface area contributed by atoms with Crippen LogP contribution in [0.5, 0.6) is 0 Å².